The number of nitrogens with zero attached hydrogens (tertiary/aromatic N) is 5. The first-order chi connectivity index (χ1) is 19.6. The first kappa shape index (κ1) is 26.5. The smallest absolute Gasteiger partial charge is 0.274 e. The monoisotopic (exact) mass is 538 g/mol. The molecule has 1 amide bonds. The Morgan fingerprint density at radius 2 is 1.68 bits per heavy atom. The predicted molar refractivity (Wildman–Crippen MR) is 158 cm³/mol. The number of amides is 1. The lowest BCUT2D eigenvalue weighted by molar-refractivity contribution is 0.0706. The third kappa shape index (κ3) is 5.61. The van der Waals surface area contributed by atoms with Gasteiger partial charge in [0.15, 0.2) is 0 Å². The molecule has 2 saturated heterocycles. The van der Waals surface area contributed by atoms with E-state index in [9.17, 15) is 4.79 Å². The van der Waals surface area contributed by atoms with E-state index in [1.165, 1.54) is 22.2 Å². The van der Waals surface area contributed by atoms with Crippen molar-refractivity contribution in [3.8, 4) is 0 Å². The molecule has 0 spiro atoms. The number of pyridine rings is 1. The number of anilines is 1. The van der Waals surface area contributed by atoms with Gasteiger partial charge < -0.3 is 14.4 Å². The Balaban J connectivity index is 1.11. The lowest BCUT2D eigenvalue weighted by Gasteiger charge is -2.37. The molecular formula is C32H38N6O2. The zero-order chi connectivity index (χ0) is 27.5. The fourth-order valence-corrected chi connectivity index (χ4v) is 6.26. The van der Waals surface area contributed by atoms with Crippen LogP contribution in [0, 0.1) is 0 Å². The summed E-state index contributed by atoms with van der Waals surface area (Å²) in [5.74, 6) is 0.0244. The molecule has 4 aromatic rings. The molecule has 208 valence electrons. The molecule has 8 nitrogen and oxygen atoms in total. The Morgan fingerprint density at radius 1 is 0.925 bits per heavy atom. The zero-order valence-electron chi connectivity index (χ0n) is 23.2. The minimum atomic E-state index is -0.505. The number of hydrogen-bond donors (Lipinski definition) is 2. The van der Waals surface area contributed by atoms with Crippen LogP contribution in [0.3, 0.4) is 0 Å². The van der Waals surface area contributed by atoms with Gasteiger partial charge in [-0.2, -0.15) is 0 Å². The summed E-state index contributed by atoms with van der Waals surface area (Å²) in [5.41, 5.74) is 8.43. The summed E-state index contributed by atoms with van der Waals surface area (Å²) in [4.78, 5) is 23.9. The SMILES string of the molecule is CN1CCN(c2ccccc2CN2CCC(c3ccnc4c3ccn4Cc3ccc(C(=O)NO)cc3)CC2)CC1. The summed E-state index contributed by atoms with van der Waals surface area (Å²) in [7, 11) is 2.21. The summed E-state index contributed by atoms with van der Waals surface area (Å²) in [6.07, 6.45) is 6.35. The maximum absolute atomic E-state index is 11.6. The molecule has 8 heteroatoms. The van der Waals surface area contributed by atoms with Crippen molar-refractivity contribution in [3.05, 3.63) is 95.3 Å². The summed E-state index contributed by atoms with van der Waals surface area (Å²) in [6, 6.07) is 20.6. The van der Waals surface area contributed by atoms with Crippen LogP contribution in [0.15, 0.2) is 73.1 Å². The van der Waals surface area contributed by atoms with Crippen LogP contribution in [-0.2, 0) is 13.1 Å². The van der Waals surface area contributed by atoms with E-state index in [2.05, 4.69) is 68.9 Å². The number of piperidine rings is 1. The maximum Gasteiger partial charge on any atom is 0.274 e. The predicted octanol–water partition coefficient (Wildman–Crippen LogP) is 4.34. The average Bonchev–Trinajstić information content (AvgIpc) is 3.41. The lowest BCUT2D eigenvalue weighted by Crippen LogP contribution is -2.45. The molecular weight excluding hydrogens is 500 g/mol. The van der Waals surface area contributed by atoms with Crippen molar-refractivity contribution in [2.75, 3.05) is 51.2 Å². The Morgan fingerprint density at radius 3 is 2.42 bits per heavy atom. The Kier molecular flexibility index (Phi) is 7.82. The van der Waals surface area contributed by atoms with Crippen molar-refractivity contribution in [3.63, 3.8) is 0 Å². The summed E-state index contributed by atoms with van der Waals surface area (Å²) < 4.78 is 2.17. The number of carbonyl (C=O) groups excluding carboxylic acids is 1. The van der Waals surface area contributed by atoms with Crippen molar-refractivity contribution in [1.29, 1.82) is 0 Å². The van der Waals surface area contributed by atoms with Crippen LogP contribution in [0.25, 0.3) is 11.0 Å². The van der Waals surface area contributed by atoms with Gasteiger partial charge in [-0.05, 0) is 85.9 Å². The summed E-state index contributed by atoms with van der Waals surface area (Å²) >= 11 is 0. The fraction of sp³-hybridized carbons (Fsp3) is 0.375. The highest BCUT2D eigenvalue weighted by atomic mass is 16.5. The standard InChI is InChI=1S/C32H38N6O2/c1-35-18-20-37(21-19-35)30-5-3-2-4-27(30)23-36-15-11-25(12-16-36)28-10-14-33-31-29(28)13-17-38(31)22-24-6-8-26(9-7-24)32(39)34-40/h2-10,13-14,17,25,40H,11-12,15-16,18-23H2,1H3,(H,34,39). The van der Waals surface area contributed by atoms with Crippen molar-refractivity contribution >= 4 is 22.6 Å². The highest BCUT2D eigenvalue weighted by Gasteiger charge is 2.24. The number of nitrogens with one attached hydrogen (secondary N) is 1. The summed E-state index contributed by atoms with van der Waals surface area (Å²) in [6.45, 7) is 8.32. The second kappa shape index (κ2) is 11.8. The number of aromatic nitrogens is 2. The molecule has 40 heavy (non-hydrogen) atoms. The highest BCUT2D eigenvalue weighted by Crippen LogP contribution is 2.34. The average molecular weight is 539 g/mol. The van der Waals surface area contributed by atoms with E-state index in [-0.39, 0.29) is 0 Å². The van der Waals surface area contributed by atoms with Crippen molar-refractivity contribution in [1.82, 2.24) is 24.8 Å². The van der Waals surface area contributed by atoms with E-state index >= 15 is 0 Å². The zero-order valence-corrected chi connectivity index (χ0v) is 23.2. The number of benzene rings is 2. The van der Waals surface area contributed by atoms with E-state index in [1.54, 1.807) is 17.6 Å². The van der Waals surface area contributed by atoms with Crippen LogP contribution in [-0.4, -0.2) is 76.8 Å². The normalized spacial score (nSPS) is 17.4. The first-order valence-corrected chi connectivity index (χ1v) is 14.3. The fourth-order valence-electron chi connectivity index (χ4n) is 6.26. The van der Waals surface area contributed by atoms with Crippen LogP contribution in [0.5, 0.6) is 0 Å². The Hall–Kier alpha value is -3.72. The van der Waals surface area contributed by atoms with Crippen LogP contribution in [0.4, 0.5) is 5.69 Å². The Labute approximate surface area is 235 Å². The molecule has 2 fully saturated rings. The van der Waals surface area contributed by atoms with Crippen LogP contribution < -0.4 is 10.4 Å². The molecule has 0 atom stereocenters. The largest absolute Gasteiger partial charge is 0.369 e. The molecule has 0 radical (unpaired) electrons. The maximum atomic E-state index is 11.6. The van der Waals surface area contributed by atoms with Crippen molar-refractivity contribution in [2.45, 2.75) is 31.8 Å². The van der Waals surface area contributed by atoms with Gasteiger partial charge in [0.2, 0.25) is 0 Å². The number of para-hydroxylation sites is 1. The lowest BCUT2D eigenvalue weighted by atomic mass is 9.88. The second-order valence-corrected chi connectivity index (χ2v) is 11.2. The van der Waals surface area contributed by atoms with Crippen molar-refractivity contribution in [2.24, 2.45) is 0 Å². The van der Waals surface area contributed by atoms with Crippen molar-refractivity contribution < 1.29 is 10.0 Å². The minimum absolute atomic E-state index is 0.429. The van der Waals surface area contributed by atoms with Gasteiger partial charge in [0, 0.05) is 68.3 Å². The topological polar surface area (TPSA) is 76.9 Å². The number of likely N-dealkylation sites (tertiary alicyclic amines) is 1. The molecule has 4 heterocycles. The molecule has 0 aliphatic carbocycles. The van der Waals surface area contributed by atoms with Gasteiger partial charge in [0.25, 0.3) is 5.91 Å². The number of carbonyl (C=O) groups is 1. The van der Waals surface area contributed by atoms with Gasteiger partial charge >= 0.3 is 0 Å². The number of hydrogen-bond acceptors (Lipinski definition) is 6. The van der Waals surface area contributed by atoms with Gasteiger partial charge in [-0.15, -0.1) is 0 Å². The molecule has 0 saturated carbocycles. The van der Waals surface area contributed by atoms with Crippen LogP contribution >= 0.6 is 0 Å². The second-order valence-electron chi connectivity index (χ2n) is 11.2. The molecule has 2 aromatic heterocycles. The number of hydroxylamine groups is 1. The quantitative estimate of drug-likeness (QED) is 0.269. The van der Waals surface area contributed by atoms with Gasteiger partial charge in [-0.25, -0.2) is 10.5 Å². The van der Waals surface area contributed by atoms with E-state index in [4.69, 9.17) is 10.2 Å². The van der Waals surface area contributed by atoms with Crippen LogP contribution in [0.1, 0.15) is 45.8 Å². The molecule has 0 bridgehead atoms. The molecule has 0 unspecified atom stereocenters. The molecule has 2 N–H and O–H groups in total. The van der Waals surface area contributed by atoms with Crippen LogP contribution in [0.2, 0.25) is 0 Å². The summed E-state index contributed by atoms with van der Waals surface area (Å²) in [5, 5.41) is 10.1. The van der Waals surface area contributed by atoms with Gasteiger partial charge in [0.05, 0.1) is 0 Å². The third-order valence-electron chi connectivity index (χ3n) is 8.62. The first-order valence-electron chi connectivity index (χ1n) is 14.3. The minimum Gasteiger partial charge on any atom is -0.369 e. The number of piperazine rings is 1. The highest BCUT2D eigenvalue weighted by molar-refractivity contribution is 5.93. The third-order valence-corrected chi connectivity index (χ3v) is 8.62. The van der Waals surface area contributed by atoms with Gasteiger partial charge in [-0.3, -0.25) is 14.9 Å². The van der Waals surface area contributed by atoms with E-state index < -0.39 is 5.91 Å². The molecule has 6 rings (SSSR count). The van der Waals surface area contributed by atoms with E-state index in [0.29, 0.717) is 18.0 Å². The number of likely N-dealkylation sites (N-methyl/N-ethyl adjacent to an activating group) is 1. The van der Waals surface area contributed by atoms with Gasteiger partial charge in [-0.1, -0.05) is 30.3 Å². The molecule has 2 aromatic carbocycles. The van der Waals surface area contributed by atoms with Gasteiger partial charge in [0.1, 0.15) is 5.65 Å². The molecule has 2 aliphatic heterocycles. The van der Waals surface area contributed by atoms with E-state index in [1.807, 2.05) is 18.3 Å². The number of fused-ring (bicyclic) bond motifs is 1. The number of rotatable bonds is 7. The van der Waals surface area contributed by atoms with E-state index in [0.717, 1.165) is 69.9 Å². The Bertz CT molecular complexity index is 1450. The molecule has 2 aliphatic rings.